The summed E-state index contributed by atoms with van der Waals surface area (Å²) in [5.41, 5.74) is 0.859. The van der Waals surface area contributed by atoms with Gasteiger partial charge in [-0.2, -0.15) is 4.98 Å². The summed E-state index contributed by atoms with van der Waals surface area (Å²) in [7, 11) is 1.77. The second-order valence-electron chi connectivity index (χ2n) is 3.26. The maximum absolute atomic E-state index is 5.94. The predicted octanol–water partition coefficient (Wildman–Crippen LogP) is 3.68. The predicted molar refractivity (Wildman–Crippen MR) is 74.0 cm³/mol. The Balaban J connectivity index is 2.27. The standard InChI is InChI=1S/C11H10BrClN4/c1-14-11-15-5-4-10(17-11)16-9-6-7(13)2-3-8(9)12/h2-6H,1H3,(H2,14,15,16,17). The second-order valence-corrected chi connectivity index (χ2v) is 4.56. The highest BCUT2D eigenvalue weighted by Crippen LogP contribution is 2.28. The largest absolute Gasteiger partial charge is 0.357 e. The molecule has 0 unspecified atom stereocenters. The molecule has 0 spiro atoms. The molecule has 0 atom stereocenters. The van der Waals surface area contributed by atoms with Crippen molar-refractivity contribution in [1.82, 2.24) is 9.97 Å². The van der Waals surface area contributed by atoms with E-state index in [0.717, 1.165) is 10.2 Å². The zero-order valence-electron chi connectivity index (χ0n) is 9.04. The number of rotatable bonds is 3. The summed E-state index contributed by atoms with van der Waals surface area (Å²) in [5.74, 6) is 1.26. The molecule has 1 aromatic heterocycles. The van der Waals surface area contributed by atoms with Crippen LogP contribution >= 0.6 is 27.5 Å². The fourth-order valence-electron chi connectivity index (χ4n) is 1.28. The molecule has 1 aromatic carbocycles. The summed E-state index contributed by atoms with van der Waals surface area (Å²) in [5, 5.41) is 6.71. The maximum Gasteiger partial charge on any atom is 0.224 e. The lowest BCUT2D eigenvalue weighted by molar-refractivity contribution is 1.15. The molecule has 2 N–H and O–H groups in total. The van der Waals surface area contributed by atoms with Crippen LogP contribution in [0.2, 0.25) is 5.02 Å². The van der Waals surface area contributed by atoms with Crippen LogP contribution in [0.4, 0.5) is 17.5 Å². The molecule has 0 saturated carbocycles. The van der Waals surface area contributed by atoms with Crippen molar-refractivity contribution in [3.8, 4) is 0 Å². The fourth-order valence-corrected chi connectivity index (χ4v) is 1.80. The third kappa shape index (κ3) is 3.08. The van der Waals surface area contributed by atoms with Gasteiger partial charge in [0.15, 0.2) is 0 Å². The van der Waals surface area contributed by atoms with Gasteiger partial charge in [-0.25, -0.2) is 4.98 Å². The minimum absolute atomic E-state index is 0.563. The minimum atomic E-state index is 0.563. The number of anilines is 3. The smallest absolute Gasteiger partial charge is 0.224 e. The lowest BCUT2D eigenvalue weighted by Crippen LogP contribution is -2.00. The van der Waals surface area contributed by atoms with E-state index in [-0.39, 0.29) is 0 Å². The molecule has 1 heterocycles. The van der Waals surface area contributed by atoms with Gasteiger partial charge in [-0.15, -0.1) is 0 Å². The lowest BCUT2D eigenvalue weighted by Gasteiger charge is -2.08. The van der Waals surface area contributed by atoms with Gasteiger partial charge in [-0.1, -0.05) is 11.6 Å². The Bertz CT molecular complexity index is 533. The van der Waals surface area contributed by atoms with Crippen molar-refractivity contribution in [2.75, 3.05) is 17.7 Å². The van der Waals surface area contributed by atoms with Gasteiger partial charge in [-0.3, -0.25) is 0 Å². The summed E-state index contributed by atoms with van der Waals surface area (Å²) in [4.78, 5) is 8.30. The first-order valence-electron chi connectivity index (χ1n) is 4.92. The highest BCUT2D eigenvalue weighted by atomic mass is 79.9. The molecule has 4 nitrogen and oxygen atoms in total. The number of aromatic nitrogens is 2. The molecule has 2 aromatic rings. The average Bonchev–Trinajstić information content (AvgIpc) is 2.34. The number of halogens is 2. The first kappa shape index (κ1) is 12.1. The van der Waals surface area contributed by atoms with Gasteiger partial charge in [-0.05, 0) is 40.2 Å². The first-order chi connectivity index (χ1) is 8.19. The minimum Gasteiger partial charge on any atom is -0.357 e. The van der Waals surface area contributed by atoms with Crippen LogP contribution in [0, 0.1) is 0 Å². The topological polar surface area (TPSA) is 49.8 Å². The van der Waals surface area contributed by atoms with Crippen molar-refractivity contribution in [3.63, 3.8) is 0 Å². The van der Waals surface area contributed by atoms with E-state index in [0.29, 0.717) is 16.8 Å². The molecule has 0 aliphatic heterocycles. The molecule has 88 valence electrons. The number of nitrogens with zero attached hydrogens (tertiary/aromatic N) is 2. The van der Waals surface area contributed by atoms with Crippen LogP contribution < -0.4 is 10.6 Å². The van der Waals surface area contributed by atoms with Crippen LogP contribution in [-0.2, 0) is 0 Å². The van der Waals surface area contributed by atoms with Crippen LogP contribution in [0.25, 0.3) is 0 Å². The van der Waals surface area contributed by atoms with Gasteiger partial charge in [0.05, 0.1) is 5.69 Å². The summed E-state index contributed by atoms with van der Waals surface area (Å²) in [6, 6.07) is 7.31. The molecule has 0 bridgehead atoms. The molecule has 0 fully saturated rings. The second kappa shape index (κ2) is 5.33. The molecule has 0 aliphatic carbocycles. The molecule has 0 saturated heterocycles. The van der Waals surface area contributed by atoms with E-state index in [1.165, 1.54) is 0 Å². The van der Waals surface area contributed by atoms with E-state index in [2.05, 4.69) is 36.5 Å². The van der Waals surface area contributed by atoms with E-state index in [1.54, 1.807) is 19.3 Å². The van der Waals surface area contributed by atoms with E-state index in [4.69, 9.17) is 11.6 Å². The quantitative estimate of drug-likeness (QED) is 0.907. The summed E-state index contributed by atoms with van der Waals surface area (Å²) in [6.07, 6.45) is 1.68. The van der Waals surface area contributed by atoms with Crippen LogP contribution in [0.1, 0.15) is 0 Å². The van der Waals surface area contributed by atoms with E-state index in [1.807, 2.05) is 18.2 Å². The maximum atomic E-state index is 5.94. The monoisotopic (exact) mass is 312 g/mol. The fraction of sp³-hybridized carbons (Fsp3) is 0.0909. The van der Waals surface area contributed by atoms with Crippen molar-refractivity contribution in [1.29, 1.82) is 0 Å². The Morgan fingerprint density at radius 3 is 2.88 bits per heavy atom. The van der Waals surface area contributed by atoms with Gasteiger partial charge >= 0.3 is 0 Å². The third-order valence-corrected chi connectivity index (χ3v) is 3.00. The van der Waals surface area contributed by atoms with E-state index < -0.39 is 0 Å². The number of hydrogen-bond acceptors (Lipinski definition) is 4. The average molecular weight is 314 g/mol. The zero-order chi connectivity index (χ0) is 12.3. The Morgan fingerprint density at radius 1 is 1.29 bits per heavy atom. The summed E-state index contributed by atoms with van der Waals surface area (Å²) >= 11 is 9.38. The number of benzene rings is 1. The lowest BCUT2D eigenvalue weighted by atomic mass is 10.3. The van der Waals surface area contributed by atoms with Crippen LogP contribution in [0.15, 0.2) is 34.9 Å². The number of nitrogens with one attached hydrogen (secondary N) is 2. The molecular formula is C11H10BrClN4. The molecule has 0 radical (unpaired) electrons. The Kier molecular flexibility index (Phi) is 3.81. The van der Waals surface area contributed by atoms with Crippen molar-refractivity contribution < 1.29 is 0 Å². The number of hydrogen-bond donors (Lipinski definition) is 2. The van der Waals surface area contributed by atoms with Gasteiger partial charge in [0.1, 0.15) is 5.82 Å². The van der Waals surface area contributed by atoms with Crippen LogP contribution in [0.5, 0.6) is 0 Å². The van der Waals surface area contributed by atoms with Crippen molar-refractivity contribution in [2.24, 2.45) is 0 Å². The highest BCUT2D eigenvalue weighted by Gasteiger charge is 2.03. The van der Waals surface area contributed by atoms with Gasteiger partial charge < -0.3 is 10.6 Å². The van der Waals surface area contributed by atoms with Crippen molar-refractivity contribution in [2.45, 2.75) is 0 Å². The molecule has 17 heavy (non-hydrogen) atoms. The normalized spacial score (nSPS) is 10.1. The van der Waals surface area contributed by atoms with Crippen LogP contribution in [-0.4, -0.2) is 17.0 Å². The van der Waals surface area contributed by atoms with Gasteiger partial charge in [0.25, 0.3) is 0 Å². The molecular weight excluding hydrogens is 304 g/mol. The zero-order valence-corrected chi connectivity index (χ0v) is 11.4. The molecule has 6 heteroatoms. The Labute approximate surface area is 113 Å². The summed E-state index contributed by atoms with van der Waals surface area (Å²) < 4.78 is 0.923. The molecule has 2 rings (SSSR count). The van der Waals surface area contributed by atoms with Crippen molar-refractivity contribution in [3.05, 3.63) is 40.0 Å². The molecule has 0 amide bonds. The first-order valence-corrected chi connectivity index (χ1v) is 6.09. The van der Waals surface area contributed by atoms with Crippen LogP contribution in [0.3, 0.4) is 0 Å². The summed E-state index contributed by atoms with van der Waals surface area (Å²) in [6.45, 7) is 0. The molecule has 0 aliphatic rings. The van der Waals surface area contributed by atoms with E-state index in [9.17, 15) is 0 Å². The van der Waals surface area contributed by atoms with Gasteiger partial charge in [0, 0.05) is 22.7 Å². The van der Waals surface area contributed by atoms with Crippen molar-refractivity contribution >= 4 is 45.0 Å². The highest BCUT2D eigenvalue weighted by molar-refractivity contribution is 9.10. The third-order valence-electron chi connectivity index (χ3n) is 2.07. The SMILES string of the molecule is CNc1nccc(Nc2cc(Cl)ccc2Br)n1. The van der Waals surface area contributed by atoms with E-state index >= 15 is 0 Å². The Hall–Kier alpha value is -1.33. The Morgan fingerprint density at radius 2 is 2.12 bits per heavy atom. The van der Waals surface area contributed by atoms with Gasteiger partial charge in [0.2, 0.25) is 5.95 Å².